The fraction of sp³-hybridized carbons (Fsp3) is 0.167. The third-order valence-electron chi connectivity index (χ3n) is 2.37. The lowest BCUT2D eigenvalue weighted by Gasteiger charge is -2.02. The minimum atomic E-state index is -0.475. The number of nitrogen functional groups attached to an aromatic ring is 1. The Labute approximate surface area is 109 Å². The van der Waals surface area contributed by atoms with Gasteiger partial charge in [-0.1, -0.05) is 42.1 Å². The Morgan fingerprint density at radius 2 is 2.17 bits per heavy atom. The molecule has 0 atom stereocenters. The third kappa shape index (κ3) is 2.65. The van der Waals surface area contributed by atoms with Crippen molar-refractivity contribution in [2.45, 2.75) is 10.8 Å². The number of aromatic amines is 1. The zero-order valence-corrected chi connectivity index (χ0v) is 10.7. The molecule has 18 heavy (non-hydrogen) atoms. The van der Waals surface area contributed by atoms with Crippen LogP contribution in [0, 0.1) is 0 Å². The van der Waals surface area contributed by atoms with Crippen LogP contribution in [0.2, 0.25) is 0 Å². The van der Waals surface area contributed by atoms with Crippen molar-refractivity contribution in [3.8, 4) is 0 Å². The molecule has 0 radical (unpaired) electrons. The average Bonchev–Trinajstić information content (AvgIpc) is 2.78. The van der Waals surface area contributed by atoms with Crippen LogP contribution >= 0.6 is 11.8 Å². The number of anilines is 1. The van der Waals surface area contributed by atoms with Crippen molar-refractivity contribution in [3.05, 3.63) is 41.5 Å². The Hall–Kier alpha value is -1.95. The van der Waals surface area contributed by atoms with Crippen molar-refractivity contribution in [1.82, 2.24) is 10.2 Å². The fourth-order valence-electron chi connectivity index (χ4n) is 1.47. The Kier molecular flexibility index (Phi) is 3.88. The van der Waals surface area contributed by atoms with Crippen LogP contribution in [0.4, 0.5) is 5.82 Å². The number of rotatable bonds is 4. The van der Waals surface area contributed by atoms with Gasteiger partial charge in [-0.3, -0.25) is 5.10 Å². The molecule has 0 aliphatic rings. The fourth-order valence-corrected chi connectivity index (χ4v) is 2.41. The number of esters is 1. The normalized spacial score (nSPS) is 10.3. The zero-order chi connectivity index (χ0) is 13.0. The SMILES string of the molecule is COC(=O)c1c(SCc2ccccc2)n[nH]c1N. The molecule has 0 spiro atoms. The highest BCUT2D eigenvalue weighted by Crippen LogP contribution is 2.27. The van der Waals surface area contributed by atoms with Crippen LogP contribution in [-0.4, -0.2) is 23.3 Å². The molecular weight excluding hydrogens is 250 g/mol. The first-order chi connectivity index (χ1) is 8.72. The molecule has 0 saturated carbocycles. The van der Waals surface area contributed by atoms with Gasteiger partial charge in [-0.2, -0.15) is 5.10 Å². The quantitative estimate of drug-likeness (QED) is 0.652. The highest BCUT2D eigenvalue weighted by molar-refractivity contribution is 7.98. The van der Waals surface area contributed by atoms with Gasteiger partial charge in [0.05, 0.1) is 7.11 Å². The summed E-state index contributed by atoms with van der Waals surface area (Å²) in [5.41, 5.74) is 7.11. The average molecular weight is 263 g/mol. The number of thioether (sulfide) groups is 1. The van der Waals surface area contributed by atoms with Crippen LogP contribution in [0.1, 0.15) is 15.9 Å². The van der Waals surface area contributed by atoms with E-state index in [1.807, 2.05) is 30.3 Å². The van der Waals surface area contributed by atoms with Crippen molar-refractivity contribution in [1.29, 1.82) is 0 Å². The summed E-state index contributed by atoms with van der Waals surface area (Å²) in [4.78, 5) is 11.6. The van der Waals surface area contributed by atoms with Gasteiger partial charge in [-0.05, 0) is 5.56 Å². The Morgan fingerprint density at radius 3 is 2.83 bits per heavy atom. The third-order valence-corrected chi connectivity index (χ3v) is 3.42. The maximum atomic E-state index is 11.6. The maximum Gasteiger partial charge on any atom is 0.344 e. The molecule has 5 nitrogen and oxygen atoms in total. The van der Waals surface area contributed by atoms with E-state index in [2.05, 4.69) is 14.9 Å². The number of hydrogen-bond donors (Lipinski definition) is 2. The number of ether oxygens (including phenoxy) is 1. The molecule has 0 unspecified atom stereocenters. The lowest BCUT2D eigenvalue weighted by molar-refractivity contribution is 0.0598. The molecule has 3 N–H and O–H groups in total. The van der Waals surface area contributed by atoms with Gasteiger partial charge >= 0.3 is 5.97 Å². The van der Waals surface area contributed by atoms with Gasteiger partial charge in [0.15, 0.2) is 0 Å². The summed E-state index contributed by atoms with van der Waals surface area (Å²) in [7, 11) is 1.32. The van der Waals surface area contributed by atoms with Gasteiger partial charge in [0.2, 0.25) is 0 Å². The van der Waals surface area contributed by atoms with E-state index in [1.54, 1.807) is 0 Å². The van der Waals surface area contributed by atoms with Crippen LogP contribution in [0.3, 0.4) is 0 Å². The number of nitrogens with zero attached hydrogens (tertiary/aromatic N) is 1. The first kappa shape index (κ1) is 12.5. The molecule has 0 amide bonds. The molecule has 1 aromatic heterocycles. The molecule has 2 rings (SSSR count). The van der Waals surface area contributed by atoms with Crippen molar-refractivity contribution in [2.24, 2.45) is 0 Å². The van der Waals surface area contributed by atoms with Crippen LogP contribution in [0.25, 0.3) is 0 Å². The van der Waals surface area contributed by atoms with E-state index in [0.717, 1.165) is 11.3 Å². The molecule has 0 bridgehead atoms. The first-order valence-electron chi connectivity index (χ1n) is 5.31. The van der Waals surface area contributed by atoms with Crippen LogP contribution in [0.5, 0.6) is 0 Å². The number of carbonyl (C=O) groups is 1. The molecule has 0 aliphatic carbocycles. The van der Waals surface area contributed by atoms with Crippen LogP contribution in [0.15, 0.2) is 35.4 Å². The Morgan fingerprint density at radius 1 is 1.44 bits per heavy atom. The summed E-state index contributed by atoms with van der Waals surface area (Å²) in [6, 6.07) is 9.92. The number of methoxy groups -OCH3 is 1. The van der Waals surface area contributed by atoms with E-state index in [4.69, 9.17) is 5.73 Å². The molecule has 1 aromatic carbocycles. The van der Waals surface area contributed by atoms with Gasteiger partial charge in [0.1, 0.15) is 16.4 Å². The minimum absolute atomic E-state index is 0.234. The predicted octanol–water partition coefficient (Wildman–Crippen LogP) is 2.07. The molecule has 94 valence electrons. The summed E-state index contributed by atoms with van der Waals surface area (Å²) in [6.45, 7) is 0. The van der Waals surface area contributed by atoms with Crippen molar-refractivity contribution >= 4 is 23.5 Å². The number of carbonyl (C=O) groups excluding carboxylic acids is 1. The topological polar surface area (TPSA) is 81.0 Å². The second kappa shape index (κ2) is 5.59. The van der Waals surface area contributed by atoms with Gasteiger partial charge in [-0.25, -0.2) is 4.79 Å². The Bertz CT molecular complexity index is 540. The molecule has 0 aliphatic heterocycles. The second-order valence-electron chi connectivity index (χ2n) is 3.58. The van der Waals surface area contributed by atoms with E-state index in [1.165, 1.54) is 18.9 Å². The summed E-state index contributed by atoms with van der Waals surface area (Å²) < 4.78 is 4.68. The number of H-pyrrole nitrogens is 1. The largest absolute Gasteiger partial charge is 0.465 e. The summed E-state index contributed by atoms with van der Waals surface area (Å²) in [5, 5.41) is 7.17. The molecular formula is C12H13N3O2S. The number of benzene rings is 1. The van der Waals surface area contributed by atoms with E-state index in [0.29, 0.717) is 10.6 Å². The van der Waals surface area contributed by atoms with Crippen molar-refractivity contribution in [3.63, 3.8) is 0 Å². The minimum Gasteiger partial charge on any atom is -0.465 e. The van der Waals surface area contributed by atoms with Crippen molar-refractivity contribution in [2.75, 3.05) is 12.8 Å². The van der Waals surface area contributed by atoms with Gasteiger partial charge in [0.25, 0.3) is 0 Å². The van der Waals surface area contributed by atoms with Crippen molar-refractivity contribution < 1.29 is 9.53 Å². The number of nitrogens with two attached hydrogens (primary N) is 1. The highest BCUT2D eigenvalue weighted by atomic mass is 32.2. The first-order valence-corrected chi connectivity index (χ1v) is 6.30. The van der Waals surface area contributed by atoms with E-state index < -0.39 is 5.97 Å². The lowest BCUT2D eigenvalue weighted by Crippen LogP contribution is -2.04. The zero-order valence-electron chi connectivity index (χ0n) is 9.84. The van der Waals surface area contributed by atoms with Gasteiger partial charge < -0.3 is 10.5 Å². The summed E-state index contributed by atoms with van der Waals surface area (Å²) in [6.07, 6.45) is 0. The summed E-state index contributed by atoms with van der Waals surface area (Å²) in [5.74, 6) is 0.476. The molecule has 1 heterocycles. The number of hydrogen-bond acceptors (Lipinski definition) is 5. The smallest absolute Gasteiger partial charge is 0.344 e. The predicted molar refractivity (Wildman–Crippen MR) is 70.3 cm³/mol. The standard InChI is InChI=1S/C12H13N3O2S/c1-17-12(16)9-10(13)14-15-11(9)18-7-8-5-3-2-4-6-8/h2-6H,7H2,1H3,(H3,13,14,15). The van der Waals surface area contributed by atoms with E-state index >= 15 is 0 Å². The van der Waals surface area contributed by atoms with E-state index in [9.17, 15) is 4.79 Å². The molecule has 6 heteroatoms. The van der Waals surface area contributed by atoms with Crippen LogP contribution < -0.4 is 5.73 Å². The monoisotopic (exact) mass is 263 g/mol. The van der Waals surface area contributed by atoms with E-state index in [-0.39, 0.29) is 5.82 Å². The molecule has 2 aromatic rings. The van der Waals surface area contributed by atoms with Gasteiger partial charge in [-0.15, -0.1) is 0 Å². The highest BCUT2D eigenvalue weighted by Gasteiger charge is 2.19. The number of aromatic nitrogens is 2. The molecule has 0 saturated heterocycles. The van der Waals surface area contributed by atoms with Gasteiger partial charge in [0, 0.05) is 5.75 Å². The number of nitrogens with one attached hydrogen (secondary N) is 1. The maximum absolute atomic E-state index is 11.6. The molecule has 0 fully saturated rings. The lowest BCUT2D eigenvalue weighted by atomic mass is 10.2. The second-order valence-corrected chi connectivity index (χ2v) is 4.55. The summed E-state index contributed by atoms with van der Waals surface area (Å²) >= 11 is 1.44. The van der Waals surface area contributed by atoms with Crippen LogP contribution in [-0.2, 0) is 10.5 Å². The Balaban J connectivity index is 2.13.